The van der Waals surface area contributed by atoms with Gasteiger partial charge in [0.15, 0.2) is 0 Å². The van der Waals surface area contributed by atoms with Crippen LogP contribution in [0.1, 0.15) is 22.8 Å². The summed E-state index contributed by atoms with van der Waals surface area (Å²) in [7, 11) is 0. The number of urea groups is 1. The molecule has 1 fully saturated rings. The van der Waals surface area contributed by atoms with Gasteiger partial charge < -0.3 is 10.1 Å². The number of carbonyl (C=O) groups excluding carboxylic acids is 3. The van der Waals surface area contributed by atoms with Gasteiger partial charge in [0, 0.05) is 5.56 Å². The molecule has 0 spiro atoms. The largest absolute Gasteiger partial charge is 0.457 e. The van der Waals surface area contributed by atoms with Gasteiger partial charge in [0.1, 0.15) is 17.0 Å². The van der Waals surface area contributed by atoms with Crippen LogP contribution < -0.4 is 15.5 Å². The summed E-state index contributed by atoms with van der Waals surface area (Å²) >= 11 is 0. The summed E-state index contributed by atoms with van der Waals surface area (Å²) in [5, 5.41) is 3.35. The molecule has 1 heterocycles. The lowest BCUT2D eigenvalue weighted by Crippen LogP contribution is -2.47. The molecular weight excluding hydrogens is 382 g/mol. The molecule has 1 aliphatic heterocycles. The van der Waals surface area contributed by atoms with Crippen molar-refractivity contribution >= 4 is 17.8 Å². The summed E-state index contributed by atoms with van der Waals surface area (Å²) in [6.07, 6.45) is 0. The van der Waals surface area contributed by atoms with E-state index in [2.05, 4.69) is 10.7 Å². The van der Waals surface area contributed by atoms with Crippen LogP contribution in [0.5, 0.6) is 11.5 Å². The van der Waals surface area contributed by atoms with Crippen molar-refractivity contribution in [1.29, 1.82) is 0 Å². The molecule has 3 aromatic rings. The number of nitrogens with zero attached hydrogens (tertiary/aromatic N) is 1. The Labute approximate surface area is 173 Å². The molecule has 7 nitrogen and oxygen atoms in total. The molecule has 0 radical (unpaired) electrons. The Morgan fingerprint density at radius 2 is 1.53 bits per heavy atom. The third kappa shape index (κ3) is 3.60. The molecule has 1 saturated heterocycles. The molecule has 4 rings (SSSR count). The number of benzene rings is 3. The van der Waals surface area contributed by atoms with Crippen molar-refractivity contribution in [3.8, 4) is 11.5 Å². The molecule has 150 valence electrons. The number of hydrazine groups is 1. The van der Waals surface area contributed by atoms with Gasteiger partial charge in [-0.05, 0) is 42.8 Å². The van der Waals surface area contributed by atoms with E-state index in [1.165, 1.54) is 6.07 Å². The fourth-order valence-electron chi connectivity index (χ4n) is 3.20. The second-order valence-electron chi connectivity index (χ2n) is 6.95. The Balaban J connectivity index is 1.51. The predicted molar refractivity (Wildman–Crippen MR) is 110 cm³/mol. The first-order valence-electron chi connectivity index (χ1n) is 9.33. The van der Waals surface area contributed by atoms with Crippen LogP contribution >= 0.6 is 0 Å². The Morgan fingerprint density at radius 1 is 0.900 bits per heavy atom. The van der Waals surface area contributed by atoms with E-state index in [1.807, 2.05) is 24.3 Å². The topological polar surface area (TPSA) is 87.7 Å². The SMILES string of the molecule is C[C@@]1(c2ccccc2)NC(=O)N(NC(=O)c2cccc(Oc3ccccc3)c2)C1=O. The van der Waals surface area contributed by atoms with Gasteiger partial charge in [-0.1, -0.05) is 54.6 Å². The summed E-state index contributed by atoms with van der Waals surface area (Å²) in [4.78, 5) is 38.0. The number of hydrogen-bond donors (Lipinski definition) is 2. The third-order valence-corrected chi connectivity index (χ3v) is 4.83. The Kier molecular flexibility index (Phi) is 4.93. The van der Waals surface area contributed by atoms with Crippen LogP contribution in [0.25, 0.3) is 0 Å². The Bertz CT molecular complexity index is 1100. The highest BCUT2D eigenvalue weighted by Crippen LogP contribution is 2.28. The van der Waals surface area contributed by atoms with Gasteiger partial charge in [0.25, 0.3) is 11.8 Å². The van der Waals surface area contributed by atoms with Crippen LogP contribution in [-0.4, -0.2) is 22.9 Å². The molecule has 0 aromatic heterocycles. The van der Waals surface area contributed by atoms with Gasteiger partial charge >= 0.3 is 6.03 Å². The first-order chi connectivity index (χ1) is 14.5. The molecule has 0 unspecified atom stereocenters. The summed E-state index contributed by atoms with van der Waals surface area (Å²) in [6.45, 7) is 1.60. The molecule has 7 heteroatoms. The van der Waals surface area contributed by atoms with E-state index >= 15 is 0 Å². The first kappa shape index (κ1) is 19.2. The lowest BCUT2D eigenvalue weighted by molar-refractivity contribution is -0.132. The van der Waals surface area contributed by atoms with Crippen LogP contribution in [0.3, 0.4) is 0 Å². The lowest BCUT2D eigenvalue weighted by atomic mass is 9.92. The van der Waals surface area contributed by atoms with E-state index in [-0.39, 0.29) is 5.56 Å². The zero-order chi connectivity index (χ0) is 21.1. The smallest absolute Gasteiger partial charge is 0.344 e. The van der Waals surface area contributed by atoms with E-state index < -0.39 is 23.4 Å². The first-order valence-corrected chi connectivity index (χ1v) is 9.33. The van der Waals surface area contributed by atoms with Gasteiger partial charge in [-0.3, -0.25) is 15.0 Å². The van der Waals surface area contributed by atoms with Crippen LogP contribution in [0, 0.1) is 0 Å². The summed E-state index contributed by atoms with van der Waals surface area (Å²) in [6, 6.07) is 23.8. The molecule has 2 N–H and O–H groups in total. The number of para-hydroxylation sites is 1. The molecule has 4 amide bonds. The van der Waals surface area contributed by atoms with Crippen LogP contribution in [0.4, 0.5) is 4.79 Å². The number of ether oxygens (including phenoxy) is 1. The zero-order valence-electron chi connectivity index (χ0n) is 16.2. The van der Waals surface area contributed by atoms with Crippen LogP contribution in [0.2, 0.25) is 0 Å². The minimum atomic E-state index is -1.26. The number of imide groups is 1. The lowest BCUT2D eigenvalue weighted by Gasteiger charge is -2.22. The zero-order valence-corrected chi connectivity index (χ0v) is 16.2. The van der Waals surface area contributed by atoms with Gasteiger partial charge in [0.2, 0.25) is 0 Å². The number of hydrogen-bond acceptors (Lipinski definition) is 4. The van der Waals surface area contributed by atoms with E-state index in [1.54, 1.807) is 61.5 Å². The highest BCUT2D eigenvalue weighted by Gasteiger charge is 2.50. The molecule has 1 aliphatic rings. The van der Waals surface area contributed by atoms with Gasteiger partial charge in [0.05, 0.1) is 0 Å². The normalized spacial score (nSPS) is 18.1. The van der Waals surface area contributed by atoms with Crippen molar-refractivity contribution < 1.29 is 19.1 Å². The quantitative estimate of drug-likeness (QED) is 0.640. The number of rotatable bonds is 5. The molecule has 30 heavy (non-hydrogen) atoms. The molecule has 3 aromatic carbocycles. The monoisotopic (exact) mass is 401 g/mol. The van der Waals surface area contributed by atoms with Crippen molar-refractivity contribution in [2.24, 2.45) is 0 Å². The predicted octanol–water partition coefficient (Wildman–Crippen LogP) is 3.59. The van der Waals surface area contributed by atoms with E-state index in [0.717, 1.165) is 0 Å². The highest BCUT2D eigenvalue weighted by molar-refractivity contribution is 6.09. The van der Waals surface area contributed by atoms with Gasteiger partial charge in [-0.15, -0.1) is 0 Å². The summed E-state index contributed by atoms with van der Waals surface area (Å²) < 4.78 is 5.73. The number of nitrogens with one attached hydrogen (secondary N) is 2. The third-order valence-electron chi connectivity index (χ3n) is 4.83. The van der Waals surface area contributed by atoms with Crippen LogP contribution in [-0.2, 0) is 10.3 Å². The highest BCUT2D eigenvalue weighted by atomic mass is 16.5. The van der Waals surface area contributed by atoms with Crippen molar-refractivity contribution in [3.63, 3.8) is 0 Å². The molecule has 1 atom stereocenters. The minimum absolute atomic E-state index is 0.248. The number of amides is 4. The maximum atomic E-state index is 12.9. The summed E-state index contributed by atoms with van der Waals surface area (Å²) in [5.74, 6) is -0.0824. The molecule has 0 saturated carbocycles. The number of carbonyl (C=O) groups is 3. The Morgan fingerprint density at radius 3 is 2.23 bits per heavy atom. The standard InChI is InChI=1S/C23H19N3O4/c1-23(17-10-4-2-5-11-17)21(28)26(22(29)24-23)25-20(27)16-9-8-14-19(15-16)30-18-12-6-3-7-13-18/h2-15H,1H3,(H,24,29)(H,25,27)/t23-/m0/s1. The van der Waals surface area contributed by atoms with Crippen molar-refractivity contribution in [2.75, 3.05) is 0 Å². The van der Waals surface area contributed by atoms with E-state index in [9.17, 15) is 14.4 Å². The second kappa shape index (κ2) is 7.71. The fourth-order valence-corrected chi connectivity index (χ4v) is 3.20. The summed E-state index contributed by atoms with van der Waals surface area (Å²) in [5.41, 5.74) is 2.00. The minimum Gasteiger partial charge on any atom is -0.457 e. The molecule has 0 aliphatic carbocycles. The van der Waals surface area contributed by atoms with Crippen molar-refractivity contribution in [3.05, 3.63) is 96.1 Å². The van der Waals surface area contributed by atoms with E-state index in [0.29, 0.717) is 22.1 Å². The van der Waals surface area contributed by atoms with Crippen molar-refractivity contribution in [1.82, 2.24) is 15.8 Å². The average Bonchev–Trinajstić information content (AvgIpc) is 2.99. The molecule has 0 bridgehead atoms. The van der Waals surface area contributed by atoms with Crippen LogP contribution in [0.15, 0.2) is 84.9 Å². The maximum absolute atomic E-state index is 12.9. The van der Waals surface area contributed by atoms with Gasteiger partial charge in [-0.25, -0.2) is 4.79 Å². The molecular formula is C23H19N3O4. The second-order valence-corrected chi connectivity index (χ2v) is 6.95. The average molecular weight is 401 g/mol. The van der Waals surface area contributed by atoms with Gasteiger partial charge in [-0.2, -0.15) is 5.01 Å². The fraction of sp³-hybridized carbons (Fsp3) is 0.0870. The van der Waals surface area contributed by atoms with Crippen molar-refractivity contribution in [2.45, 2.75) is 12.5 Å². The van der Waals surface area contributed by atoms with E-state index in [4.69, 9.17) is 4.74 Å². The Hall–Kier alpha value is -4.13. The maximum Gasteiger partial charge on any atom is 0.344 e.